The van der Waals surface area contributed by atoms with Crippen LogP contribution >= 0.6 is 21.4 Å². The first-order valence-electron chi connectivity index (χ1n) is 4.59. The van der Waals surface area contributed by atoms with E-state index in [9.17, 15) is 0 Å². The summed E-state index contributed by atoms with van der Waals surface area (Å²) in [5.74, 6) is 1.60. The molecule has 16 heavy (non-hydrogen) atoms. The van der Waals surface area contributed by atoms with Gasteiger partial charge in [-0.25, -0.2) is 0 Å². The summed E-state index contributed by atoms with van der Waals surface area (Å²) in [6, 6.07) is 19.1. The predicted octanol–water partition coefficient (Wildman–Crippen LogP) is 4.34. The van der Waals surface area contributed by atoms with Crippen LogP contribution in [-0.4, -0.2) is 0 Å². The van der Waals surface area contributed by atoms with Crippen LogP contribution in [0.15, 0.2) is 60.7 Å². The van der Waals surface area contributed by atoms with Crippen molar-refractivity contribution in [1.29, 1.82) is 0 Å². The molecule has 0 saturated heterocycles. The minimum absolute atomic E-state index is 0. The molecule has 2 aromatic rings. The van der Waals surface area contributed by atoms with E-state index in [2.05, 4.69) is 0 Å². The molecular weight excluding hydrogens is 243 g/mol. The Morgan fingerprint density at radius 1 is 0.625 bits per heavy atom. The van der Waals surface area contributed by atoms with Gasteiger partial charge in [0.15, 0.2) is 0 Å². The monoisotopic (exact) mass is 253 g/mol. The van der Waals surface area contributed by atoms with E-state index in [1.54, 1.807) is 0 Å². The first-order valence-corrected chi connectivity index (χ1v) is 5.33. The Bertz CT molecular complexity index is 355. The summed E-state index contributed by atoms with van der Waals surface area (Å²) >= 11 is 0. The lowest BCUT2D eigenvalue weighted by molar-refractivity contribution is 0.516. The average Bonchev–Trinajstić information content (AvgIpc) is 2.32. The van der Waals surface area contributed by atoms with Crippen LogP contribution in [-0.2, 0) is 0 Å². The number of para-hydroxylation sites is 2. The Morgan fingerprint density at radius 3 is 1.38 bits per heavy atom. The molecule has 2 rings (SSSR count). The molecule has 0 aliphatic heterocycles. The van der Waals surface area contributed by atoms with Crippen molar-refractivity contribution >= 4 is 21.4 Å². The van der Waals surface area contributed by atoms with Gasteiger partial charge in [0.05, 0.1) is 0 Å². The third-order valence-corrected chi connectivity index (χ3v) is 2.34. The standard InChI is InChI=1S/C12H10O2P.ClH/c1-3-7-11(8-4-1)13-15-14-12-9-5-2-6-10-12;/h1-10H;1H. The van der Waals surface area contributed by atoms with Gasteiger partial charge >= 0.3 is 9.03 Å². The van der Waals surface area contributed by atoms with E-state index in [0.717, 1.165) is 11.5 Å². The number of benzene rings is 2. The molecule has 0 N–H and O–H groups in total. The van der Waals surface area contributed by atoms with E-state index in [-0.39, 0.29) is 12.4 Å². The molecule has 0 amide bonds. The highest BCUT2D eigenvalue weighted by Gasteiger charge is 1.96. The molecule has 0 unspecified atom stereocenters. The number of hydrogen-bond donors (Lipinski definition) is 0. The minimum atomic E-state index is 0. The Morgan fingerprint density at radius 2 is 1.00 bits per heavy atom. The zero-order chi connectivity index (χ0) is 10.3. The van der Waals surface area contributed by atoms with Crippen molar-refractivity contribution in [2.24, 2.45) is 0 Å². The van der Waals surface area contributed by atoms with Gasteiger partial charge in [-0.2, -0.15) is 0 Å². The Labute approximate surface area is 103 Å². The smallest absolute Gasteiger partial charge is 0.405 e. The number of hydrogen-bond acceptors (Lipinski definition) is 2. The molecule has 0 bridgehead atoms. The van der Waals surface area contributed by atoms with E-state index in [1.165, 1.54) is 0 Å². The van der Waals surface area contributed by atoms with Gasteiger partial charge in [0.1, 0.15) is 11.5 Å². The van der Waals surface area contributed by atoms with Crippen molar-refractivity contribution in [2.75, 3.05) is 0 Å². The summed E-state index contributed by atoms with van der Waals surface area (Å²) in [6.07, 6.45) is 0. The van der Waals surface area contributed by atoms with Crippen molar-refractivity contribution in [3.8, 4) is 11.5 Å². The summed E-state index contributed by atoms with van der Waals surface area (Å²) in [5, 5.41) is 0. The van der Waals surface area contributed by atoms with Gasteiger partial charge in [0.2, 0.25) is 0 Å². The van der Waals surface area contributed by atoms with Gasteiger partial charge in [-0.05, 0) is 24.3 Å². The molecular formula is C12H11ClO2P. The molecule has 0 atom stereocenters. The summed E-state index contributed by atoms with van der Waals surface area (Å²) in [6.45, 7) is 0. The lowest BCUT2D eigenvalue weighted by atomic mass is 10.3. The molecule has 0 fully saturated rings. The van der Waals surface area contributed by atoms with Crippen LogP contribution in [0.2, 0.25) is 0 Å². The van der Waals surface area contributed by atoms with Gasteiger partial charge < -0.3 is 9.05 Å². The predicted molar refractivity (Wildman–Crippen MR) is 68.3 cm³/mol. The quantitative estimate of drug-likeness (QED) is 0.755. The Balaban J connectivity index is 0.00000128. The molecule has 0 saturated carbocycles. The summed E-state index contributed by atoms with van der Waals surface area (Å²) in [4.78, 5) is 0. The highest BCUT2D eigenvalue weighted by molar-refractivity contribution is 7.27. The second kappa shape index (κ2) is 7.10. The maximum Gasteiger partial charge on any atom is 0.405 e. The van der Waals surface area contributed by atoms with E-state index in [0.29, 0.717) is 9.03 Å². The molecule has 83 valence electrons. The third-order valence-electron chi connectivity index (χ3n) is 1.77. The minimum Gasteiger partial charge on any atom is -0.431 e. The second-order valence-electron chi connectivity index (χ2n) is 2.88. The first kappa shape index (κ1) is 12.8. The summed E-state index contributed by atoms with van der Waals surface area (Å²) in [5.41, 5.74) is 0. The van der Waals surface area contributed by atoms with Gasteiger partial charge in [-0.15, -0.1) is 12.4 Å². The van der Waals surface area contributed by atoms with Crippen LogP contribution in [0.3, 0.4) is 0 Å². The molecule has 4 heteroatoms. The van der Waals surface area contributed by atoms with Crippen LogP contribution in [0.25, 0.3) is 0 Å². The highest BCUT2D eigenvalue weighted by Crippen LogP contribution is 2.23. The zero-order valence-corrected chi connectivity index (χ0v) is 10.2. The molecule has 0 aromatic heterocycles. The largest absolute Gasteiger partial charge is 0.431 e. The van der Waals surface area contributed by atoms with Crippen LogP contribution in [0.1, 0.15) is 0 Å². The van der Waals surface area contributed by atoms with Gasteiger partial charge in [0, 0.05) is 0 Å². The molecule has 0 aliphatic rings. The molecule has 2 nitrogen and oxygen atoms in total. The molecule has 0 spiro atoms. The topological polar surface area (TPSA) is 18.5 Å². The first-order chi connectivity index (χ1) is 7.45. The molecule has 0 heterocycles. The number of rotatable bonds is 4. The lowest BCUT2D eigenvalue weighted by Gasteiger charge is -2.03. The SMILES string of the molecule is Cl.c1ccc(O[P]Oc2ccccc2)cc1. The second-order valence-corrected chi connectivity index (χ2v) is 3.40. The molecule has 0 aliphatic carbocycles. The van der Waals surface area contributed by atoms with E-state index >= 15 is 0 Å². The van der Waals surface area contributed by atoms with Gasteiger partial charge in [0.25, 0.3) is 0 Å². The maximum absolute atomic E-state index is 5.36. The number of halogens is 1. The van der Waals surface area contributed by atoms with Crippen molar-refractivity contribution in [1.82, 2.24) is 0 Å². The van der Waals surface area contributed by atoms with Crippen molar-refractivity contribution in [3.05, 3.63) is 60.7 Å². The zero-order valence-electron chi connectivity index (χ0n) is 8.45. The van der Waals surface area contributed by atoms with Crippen molar-refractivity contribution < 1.29 is 9.05 Å². The molecule has 1 radical (unpaired) electrons. The van der Waals surface area contributed by atoms with Gasteiger partial charge in [-0.3, -0.25) is 0 Å². The van der Waals surface area contributed by atoms with E-state index in [1.807, 2.05) is 60.7 Å². The van der Waals surface area contributed by atoms with Crippen molar-refractivity contribution in [2.45, 2.75) is 0 Å². The Kier molecular flexibility index (Phi) is 5.69. The van der Waals surface area contributed by atoms with Crippen molar-refractivity contribution in [3.63, 3.8) is 0 Å². The van der Waals surface area contributed by atoms with Gasteiger partial charge in [-0.1, -0.05) is 36.4 Å². The van der Waals surface area contributed by atoms with Crippen LogP contribution in [0.4, 0.5) is 0 Å². The summed E-state index contributed by atoms with van der Waals surface area (Å²) in [7, 11) is 0.473. The average molecular weight is 254 g/mol. The fourth-order valence-electron chi connectivity index (χ4n) is 1.07. The van der Waals surface area contributed by atoms with E-state index in [4.69, 9.17) is 9.05 Å². The normalized spacial score (nSPS) is 9.00. The van der Waals surface area contributed by atoms with Crippen LogP contribution in [0.5, 0.6) is 11.5 Å². The van der Waals surface area contributed by atoms with E-state index < -0.39 is 0 Å². The lowest BCUT2D eigenvalue weighted by Crippen LogP contribution is -1.83. The fourth-order valence-corrected chi connectivity index (χ4v) is 1.52. The third kappa shape index (κ3) is 4.09. The summed E-state index contributed by atoms with van der Waals surface area (Å²) < 4.78 is 10.7. The highest BCUT2D eigenvalue weighted by atomic mass is 35.5. The van der Waals surface area contributed by atoms with Crippen LogP contribution in [0, 0.1) is 0 Å². The fraction of sp³-hybridized carbons (Fsp3) is 0. The maximum atomic E-state index is 5.36. The molecule has 2 aromatic carbocycles. The Hall–Kier alpha value is -1.24. The van der Waals surface area contributed by atoms with Crippen LogP contribution < -0.4 is 9.05 Å².